The molecule has 8 nitrogen and oxygen atoms in total. The fourth-order valence-corrected chi connectivity index (χ4v) is 4.74. The number of amides is 1. The van der Waals surface area contributed by atoms with E-state index in [-0.39, 0.29) is 11.6 Å². The molecule has 0 fully saturated rings. The molecule has 3 heterocycles. The van der Waals surface area contributed by atoms with Gasteiger partial charge in [0.05, 0.1) is 30.5 Å². The Bertz CT molecular complexity index is 1340. The Balaban J connectivity index is 1.41. The molecule has 1 aliphatic heterocycles. The predicted octanol–water partition coefficient (Wildman–Crippen LogP) is 4.42. The highest BCUT2D eigenvalue weighted by Gasteiger charge is 2.39. The first-order valence-electron chi connectivity index (χ1n) is 11.6. The lowest BCUT2D eigenvalue weighted by atomic mass is 9.95. The zero-order chi connectivity index (χ0) is 25.4. The lowest BCUT2D eigenvalue weighted by Crippen LogP contribution is -2.42. The van der Waals surface area contributed by atoms with Crippen LogP contribution in [0.25, 0.3) is 5.70 Å². The normalized spacial score (nSPS) is 20.5. The van der Waals surface area contributed by atoms with Crippen molar-refractivity contribution in [3.8, 4) is 0 Å². The fraction of sp³-hybridized carbons (Fsp3) is 0.360. The highest BCUT2D eigenvalue weighted by atomic mass is 19.4. The Morgan fingerprint density at radius 1 is 1.19 bits per heavy atom. The molecule has 5 rings (SSSR count). The van der Waals surface area contributed by atoms with Crippen molar-refractivity contribution in [2.24, 2.45) is 0 Å². The second-order valence-electron chi connectivity index (χ2n) is 8.94. The summed E-state index contributed by atoms with van der Waals surface area (Å²) in [5, 5.41) is 8.44. The number of halogens is 3. The molecule has 3 aromatic rings. The van der Waals surface area contributed by atoms with Gasteiger partial charge in [-0.1, -0.05) is 29.5 Å². The topological polar surface area (TPSA) is 78.1 Å². The van der Waals surface area contributed by atoms with Gasteiger partial charge in [-0.2, -0.15) is 13.2 Å². The van der Waals surface area contributed by atoms with Gasteiger partial charge >= 0.3 is 6.18 Å². The first-order chi connectivity index (χ1) is 17.2. The number of hydrogen-bond donors (Lipinski definition) is 0. The Morgan fingerprint density at radius 2 is 2.00 bits per heavy atom. The number of nitrogens with zero attached hydrogens (tertiary/aromatic N) is 6. The molecule has 0 saturated carbocycles. The van der Waals surface area contributed by atoms with Crippen molar-refractivity contribution in [3.63, 3.8) is 0 Å². The summed E-state index contributed by atoms with van der Waals surface area (Å²) in [7, 11) is 1.58. The minimum Gasteiger partial charge on any atom is -0.495 e. The summed E-state index contributed by atoms with van der Waals surface area (Å²) in [6.07, 6.45) is 6.06. The van der Waals surface area contributed by atoms with Crippen molar-refractivity contribution in [2.45, 2.75) is 44.3 Å². The fourth-order valence-electron chi connectivity index (χ4n) is 4.74. The lowest BCUT2D eigenvalue weighted by molar-refractivity contribution is -0.134. The molecule has 2 aliphatic rings. The third-order valence-corrected chi connectivity index (χ3v) is 6.47. The summed E-state index contributed by atoms with van der Waals surface area (Å²) in [4.78, 5) is 18.4. The molecule has 36 heavy (non-hydrogen) atoms. The maximum atomic E-state index is 13.4. The van der Waals surface area contributed by atoms with Crippen LogP contribution in [0.1, 0.15) is 41.8 Å². The average molecular weight is 499 g/mol. The molecule has 0 radical (unpaired) electrons. The number of alkyl halides is 3. The van der Waals surface area contributed by atoms with Crippen molar-refractivity contribution >= 4 is 17.3 Å². The number of carbonyl (C=O) groups is 1. The Morgan fingerprint density at radius 3 is 2.72 bits per heavy atom. The van der Waals surface area contributed by atoms with Crippen LogP contribution >= 0.6 is 0 Å². The van der Waals surface area contributed by atoms with Crippen molar-refractivity contribution < 1.29 is 22.7 Å². The number of hydrogen-bond acceptors (Lipinski definition) is 5. The molecule has 2 aromatic heterocycles. The van der Waals surface area contributed by atoms with E-state index in [1.807, 2.05) is 29.8 Å². The van der Waals surface area contributed by atoms with Gasteiger partial charge < -0.3 is 14.2 Å². The average Bonchev–Trinajstić information content (AvgIpc) is 3.49. The number of aryl methyl sites for hydroxylation is 2. The molecular weight excluding hydrogens is 473 g/mol. The molecule has 0 N–H and O–H groups in total. The van der Waals surface area contributed by atoms with E-state index >= 15 is 0 Å². The van der Waals surface area contributed by atoms with Crippen molar-refractivity contribution in [3.05, 3.63) is 77.8 Å². The predicted molar refractivity (Wildman–Crippen MR) is 126 cm³/mol. The number of ether oxygens (including phenoxy) is 1. The Hall–Kier alpha value is -3.89. The second-order valence-corrected chi connectivity index (χ2v) is 8.94. The summed E-state index contributed by atoms with van der Waals surface area (Å²) < 4.78 is 49.0. The number of aromatic nitrogens is 5. The summed E-state index contributed by atoms with van der Waals surface area (Å²) in [6, 6.07) is 5.82. The van der Waals surface area contributed by atoms with Crippen LogP contribution in [0.4, 0.5) is 18.9 Å². The van der Waals surface area contributed by atoms with Gasteiger partial charge in [-0.3, -0.25) is 4.79 Å². The van der Waals surface area contributed by atoms with E-state index in [1.54, 1.807) is 43.9 Å². The lowest BCUT2D eigenvalue weighted by Gasteiger charge is -2.26. The van der Waals surface area contributed by atoms with Gasteiger partial charge in [0.25, 0.3) is 5.91 Å². The van der Waals surface area contributed by atoms with Gasteiger partial charge in [0.15, 0.2) is 0 Å². The molecule has 188 valence electrons. The first-order valence-corrected chi connectivity index (χ1v) is 11.6. The van der Waals surface area contributed by atoms with Crippen molar-refractivity contribution in [2.75, 3.05) is 18.6 Å². The van der Waals surface area contributed by atoms with E-state index in [0.717, 1.165) is 16.3 Å². The zero-order valence-corrected chi connectivity index (χ0v) is 19.8. The van der Waals surface area contributed by atoms with E-state index in [4.69, 9.17) is 4.74 Å². The van der Waals surface area contributed by atoms with Crippen LogP contribution in [0, 0.1) is 6.92 Å². The molecule has 1 amide bonds. The third kappa shape index (κ3) is 4.65. The number of allylic oxidation sites excluding steroid dienone is 3. The molecular formula is C25H25F3N6O2. The molecule has 0 saturated heterocycles. The molecule has 0 bridgehead atoms. The minimum absolute atomic E-state index is 0.161. The SMILES string of the molecule is COC1=CC(c2cn([C@@H]3CCc4ccccc4N(CC(F)(F)F)C3=O)nn2)CC=C1n1cnc(C)c1. The smallest absolute Gasteiger partial charge is 0.406 e. The quantitative estimate of drug-likeness (QED) is 0.520. The molecule has 1 unspecified atom stereocenters. The number of fused-ring (bicyclic) bond motifs is 1. The van der Waals surface area contributed by atoms with Gasteiger partial charge in [0.1, 0.15) is 18.3 Å². The van der Waals surface area contributed by atoms with E-state index in [2.05, 4.69) is 15.3 Å². The van der Waals surface area contributed by atoms with Crippen molar-refractivity contribution in [1.29, 1.82) is 0 Å². The largest absolute Gasteiger partial charge is 0.495 e. The summed E-state index contributed by atoms with van der Waals surface area (Å²) in [5.74, 6) is -0.162. The number of rotatable bonds is 5. The molecule has 1 aromatic carbocycles. The van der Waals surface area contributed by atoms with Crippen LogP contribution in [0.2, 0.25) is 0 Å². The minimum atomic E-state index is -4.54. The maximum absolute atomic E-state index is 13.4. The summed E-state index contributed by atoms with van der Waals surface area (Å²) >= 11 is 0. The number of imidazole rings is 1. The van der Waals surface area contributed by atoms with Crippen LogP contribution in [-0.2, 0) is 16.0 Å². The van der Waals surface area contributed by atoms with Gasteiger partial charge in [0.2, 0.25) is 0 Å². The number of methoxy groups -OCH3 is 1. The van der Waals surface area contributed by atoms with E-state index in [1.165, 1.54) is 4.68 Å². The van der Waals surface area contributed by atoms with Gasteiger partial charge in [-0.05, 0) is 43.9 Å². The number of benzene rings is 1. The molecule has 11 heteroatoms. The van der Waals surface area contributed by atoms with Crippen LogP contribution in [0.5, 0.6) is 0 Å². The maximum Gasteiger partial charge on any atom is 0.406 e. The van der Waals surface area contributed by atoms with Crippen molar-refractivity contribution in [1.82, 2.24) is 24.5 Å². The highest BCUT2D eigenvalue weighted by molar-refractivity contribution is 5.97. The third-order valence-electron chi connectivity index (χ3n) is 6.47. The summed E-state index contributed by atoms with van der Waals surface area (Å²) in [6.45, 7) is 0.547. The molecule has 0 spiro atoms. The number of anilines is 1. The second kappa shape index (κ2) is 9.29. The zero-order valence-electron chi connectivity index (χ0n) is 19.8. The van der Waals surface area contributed by atoms with Gasteiger partial charge in [-0.25, -0.2) is 9.67 Å². The molecule has 2 atom stereocenters. The summed E-state index contributed by atoms with van der Waals surface area (Å²) in [5.41, 5.74) is 3.34. The number of para-hydroxylation sites is 1. The van der Waals surface area contributed by atoms with Gasteiger partial charge in [0, 0.05) is 24.0 Å². The van der Waals surface area contributed by atoms with Crippen LogP contribution in [0.15, 0.2) is 60.9 Å². The van der Waals surface area contributed by atoms with Crippen LogP contribution in [-0.4, -0.2) is 50.3 Å². The Labute approximate surface area is 205 Å². The number of carbonyl (C=O) groups excluding carboxylic acids is 1. The van der Waals surface area contributed by atoms with E-state index in [9.17, 15) is 18.0 Å². The highest BCUT2D eigenvalue weighted by Crippen LogP contribution is 2.35. The molecule has 1 aliphatic carbocycles. The van der Waals surface area contributed by atoms with Crippen LogP contribution < -0.4 is 4.90 Å². The van der Waals surface area contributed by atoms with Crippen LogP contribution in [0.3, 0.4) is 0 Å². The van der Waals surface area contributed by atoms with Gasteiger partial charge in [-0.15, -0.1) is 5.10 Å². The first kappa shape index (κ1) is 23.8. The van der Waals surface area contributed by atoms with E-state index < -0.39 is 24.7 Å². The van der Waals surface area contributed by atoms with E-state index in [0.29, 0.717) is 36.3 Å². The Kier molecular flexibility index (Phi) is 6.15. The monoisotopic (exact) mass is 498 g/mol. The standard InChI is InChI=1S/C25H25F3N6O2/c1-16-12-32(15-29-16)21-9-8-18(11-23(21)36-2)19-13-34(31-30-19)22-10-7-17-5-3-4-6-20(17)33(24(22)35)14-25(26,27)28/h3-6,9,11-13,15,18,22H,7-8,10,14H2,1-2H3/t18?,22-/m1/s1.